The predicted octanol–water partition coefficient (Wildman–Crippen LogP) is 10.4. The number of hydrogen-bond acceptors (Lipinski definition) is 5. The van der Waals surface area contributed by atoms with Crippen LogP contribution < -0.4 is 0 Å². The van der Waals surface area contributed by atoms with Gasteiger partial charge >= 0.3 is 0 Å². The first-order chi connectivity index (χ1) is 17.0. The van der Waals surface area contributed by atoms with Crippen LogP contribution >= 0.6 is 59.7 Å². The molecule has 0 heterocycles. The first kappa shape index (κ1) is 27.7. The van der Waals surface area contributed by atoms with Crippen LogP contribution in [-0.4, -0.2) is 7.73 Å². The number of thiocarbonyl (C=S) groups is 2. The molecule has 0 nitrogen and oxygen atoms in total. The Balaban J connectivity index is 0.000000203. The first-order valence-electron chi connectivity index (χ1n) is 11.3. The molecule has 0 saturated carbocycles. The minimum atomic E-state index is 0.402. The van der Waals surface area contributed by atoms with E-state index in [-0.39, 0.29) is 0 Å². The van der Waals surface area contributed by atoms with E-state index in [1.807, 2.05) is 60.7 Å². The standard InChI is InChI=1S/C17H18S3.C13H10S2/c1-13(15-9-5-3-6-10-15)19-17(18)20-14(2)16-11-7-4-8-12-16;14-13(11-7-3-1-4-8-11)15-12-9-5-2-6-10-12/h3-14H,1-2H3;1-10H. The van der Waals surface area contributed by atoms with Gasteiger partial charge < -0.3 is 0 Å². The van der Waals surface area contributed by atoms with Crippen LogP contribution in [0.2, 0.25) is 0 Å². The summed E-state index contributed by atoms with van der Waals surface area (Å²) >= 11 is 16.1. The molecule has 0 amide bonds. The molecule has 0 aliphatic carbocycles. The van der Waals surface area contributed by atoms with Gasteiger partial charge in [0.15, 0.2) is 0 Å². The van der Waals surface area contributed by atoms with E-state index < -0.39 is 0 Å². The normalized spacial score (nSPS) is 12.1. The summed E-state index contributed by atoms with van der Waals surface area (Å²) in [7, 11) is 0. The van der Waals surface area contributed by atoms with Gasteiger partial charge in [-0.15, -0.1) is 0 Å². The van der Waals surface area contributed by atoms with Gasteiger partial charge in [0.25, 0.3) is 0 Å². The Morgan fingerprint density at radius 1 is 0.543 bits per heavy atom. The van der Waals surface area contributed by atoms with E-state index in [4.69, 9.17) is 24.4 Å². The number of rotatable bonds is 6. The van der Waals surface area contributed by atoms with Crippen molar-refractivity contribution in [2.24, 2.45) is 0 Å². The minimum Gasteiger partial charge on any atom is -0.0998 e. The summed E-state index contributed by atoms with van der Waals surface area (Å²) in [5, 5.41) is 0.804. The molecule has 0 aliphatic rings. The van der Waals surface area contributed by atoms with Crippen molar-refractivity contribution in [3.05, 3.63) is 138 Å². The van der Waals surface area contributed by atoms with E-state index in [0.29, 0.717) is 10.5 Å². The van der Waals surface area contributed by atoms with Crippen LogP contribution in [0.15, 0.2) is 126 Å². The van der Waals surface area contributed by atoms with Gasteiger partial charge in [0.1, 0.15) is 3.53 Å². The monoisotopic (exact) mass is 548 g/mol. The summed E-state index contributed by atoms with van der Waals surface area (Å²) < 4.78 is 1.93. The van der Waals surface area contributed by atoms with Gasteiger partial charge in [0.2, 0.25) is 0 Å². The molecule has 4 aromatic carbocycles. The van der Waals surface area contributed by atoms with Crippen LogP contribution in [-0.2, 0) is 0 Å². The Kier molecular flexibility index (Phi) is 12.1. The van der Waals surface area contributed by atoms with Crippen LogP contribution in [0.4, 0.5) is 0 Å². The SMILES string of the molecule is CC(SC(=S)SC(C)c1ccccc1)c1ccccc1.S=C(Sc1ccccc1)c1ccccc1. The van der Waals surface area contributed by atoms with E-state index in [2.05, 4.69) is 74.5 Å². The Morgan fingerprint density at radius 2 is 0.914 bits per heavy atom. The fourth-order valence-corrected chi connectivity index (χ4v) is 7.43. The molecule has 2 atom stereocenters. The molecule has 178 valence electrons. The quantitative estimate of drug-likeness (QED) is 0.173. The second kappa shape index (κ2) is 15.3. The van der Waals surface area contributed by atoms with Crippen LogP contribution in [0.5, 0.6) is 0 Å². The lowest BCUT2D eigenvalue weighted by molar-refractivity contribution is 1.11. The molecule has 0 aromatic heterocycles. The van der Waals surface area contributed by atoms with Gasteiger partial charge in [-0.1, -0.05) is 169 Å². The van der Waals surface area contributed by atoms with Gasteiger partial charge in [-0.2, -0.15) is 0 Å². The zero-order valence-electron chi connectivity index (χ0n) is 19.7. The third kappa shape index (κ3) is 9.94. The third-order valence-electron chi connectivity index (χ3n) is 5.05. The van der Waals surface area contributed by atoms with E-state index in [0.717, 1.165) is 13.3 Å². The van der Waals surface area contributed by atoms with Crippen LogP contribution in [0.3, 0.4) is 0 Å². The Morgan fingerprint density at radius 3 is 1.34 bits per heavy atom. The molecule has 4 rings (SSSR count). The first-order valence-corrected chi connectivity index (χ1v) is 14.7. The minimum absolute atomic E-state index is 0.402. The van der Waals surface area contributed by atoms with Crippen LogP contribution in [0, 0.1) is 0 Å². The van der Waals surface area contributed by atoms with Crippen LogP contribution in [0.1, 0.15) is 41.0 Å². The fraction of sp³-hybridized carbons (Fsp3) is 0.133. The van der Waals surface area contributed by atoms with Crippen molar-refractivity contribution in [2.75, 3.05) is 0 Å². The average molecular weight is 549 g/mol. The van der Waals surface area contributed by atoms with E-state index >= 15 is 0 Å². The highest BCUT2D eigenvalue weighted by atomic mass is 32.2. The zero-order valence-corrected chi connectivity index (χ0v) is 23.8. The Hall–Kier alpha value is -1.89. The maximum atomic E-state index is 5.53. The van der Waals surface area contributed by atoms with Gasteiger partial charge in [-0.25, -0.2) is 0 Å². The molecule has 0 N–H and O–H groups in total. The van der Waals surface area contributed by atoms with E-state index in [1.165, 1.54) is 16.0 Å². The Bertz CT molecular complexity index is 1110. The summed E-state index contributed by atoms with van der Waals surface area (Å²) in [5.74, 6) is 0. The van der Waals surface area contributed by atoms with E-state index in [1.54, 1.807) is 35.3 Å². The van der Waals surface area contributed by atoms with Crippen molar-refractivity contribution in [1.29, 1.82) is 0 Å². The molecule has 0 radical (unpaired) electrons. The van der Waals surface area contributed by atoms with Crippen molar-refractivity contribution < 1.29 is 0 Å². The largest absolute Gasteiger partial charge is 0.105 e. The second-order valence-corrected chi connectivity index (χ2v) is 13.3. The van der Waals surface area contributed by atoms with E-state index in [9.17, 15) is 0 Å². The average Bonchev–Trinajstić information content (AvgIpc) is 2.91. The predicted molar refractivity (Wildman–Crippen MR) is 168 cm³/mol. The van der Waals surface area contributed by atoms with Gasteiger partial charge in [-0.3, -0.25) is 0 Å². The number of hydrogen-bond donors (Lipinski definition) is 0. The number of thioether (sulfide) groups is 3. The smallest absolute Gasteiger partial charge is 0.0998 e. The molecular weight excluding hydrogens is 521 g/mol. The molecule has 2 unspecified atom stereocenters. The zero-order chi connectivity index (χ0) is 24.9. The fourth-order valence-electron chi connectivity index (χ4n) is 3.13. The highest BCUT2D eigenvalue weighted by Gasteiger charge is 2.13. The highest BCUT2D eigenvalue weighted by molar-refractivity contribution is 8.47. The molecule has 0 fully saturated rings. The highest BCUT2D eigenvalue weighted by Crippen LogP contribution is 2.38. The number of benzene rings is 4. The lowest BCUT2D eigenvalue weighted by atomic mass is 10.2. The van der Waals surface area contributed by atoms with Crippen molar-refractivity contribution in [1.82, 2.24) is 0 Å². The third-order valence-corrected chi connectivity index (χ3v) is 9.25. The molecule has 0 aliphatic heterocycles. The van der Waals surface area contributed by atoms with Crippen molar-refractivity contribution in [3.63, 3.8) is 0 Å². The summed E-state index contributed by atoms with van der Waals surface area (Å²) in [5.41, 5.74) is 3.77. The molecule has 35 heavy (non-hydrogen) atoms. The molecule has 4 aromatic rings. The maximum Gasteiger partial charge on any atom is 0.105 e. The van der Waals surface area contributed by atoms with Crippen LogP contribution in [0.25, 0.3) is 0 Å². The summed E-state index contributed by atoms with van der Waals surface area (Å²) in [6.07, 6.45) is 0. The lowest BCUT2D eigenvalue weighted by Crippen LogP contribution is -1.95. The topological polar surface area (TPSA) is 0 Å². The maximum absolute atomic E-state index is 5.53. The van der Waals surface area contributed by atoms with Gasteiger partial charge in [0.05, 0.1) is 4.20 Å². The van der Waals surface area contributed by atoms with Crippen molar-refractivity contribution >= 4 is 67.4 Å². The van der Waals surface area contributed by atoms with Crippen molar-refractivity contribution in [3.8, 4) is 0 Å². The lowest BCUT2D eigenvalue weighted by Gasteiger charge is -2.15. The molecule has 5 heteroatoms. The Labute approximate surface area is 233 Å². The summed E-state index contributed by atoms with van der Waals surface area (Å²) in [6, 6.07) is 41.3. The van der Waals surface area contributed by atoms with Gasteiger partial charge in [0, 0.05) is 15.4 Å². The second-order valence-electron chi connectivity index (χ2n) is 7.66. The summed E-state index contributed by atoms with van der Waals surface area (Å²) in [6.45, 7) is 4.42. The molecule has 0 bridgehead atoms. The molecular formula is C30H28S5. The summed E-state index contributed by atoms with van der Waals surface area (Å²) in [4.78, 5) is 1.19. The van der Waals surface area contributed by atoms with Crippen molar-refractivity contribution in [2.45, 2.75) is 29.2 Å². The molecule has 0 spiro atoms. The van der Waals surface area contributed by atoms with Gasteiger partial charge in [-0.05, 0) is 42.7 Å². The molecule has 0 saturated heterocycles.